The summed E-state index contributed by atoms with van der Waals surface area (Å²) in [6.45, 7) is 1.06. The number of amides is 1. The highest BCUT2D eigenvalue weighted by atomic mass is 79.9. The van der Waals surface area contributed by atoms with Crippen molar-refractivity contribution in [3.05, 3.63) is 34.9 Å². The number of methoxy groups -OCH3 is 1. The summed E-state index contributed by atoms with van der Waals surface area (Å²) in [5, 5.41) is 3.34. The van der Waals surface area contributed by atoms with Crippen LogP contribution < -0.4 is 5.32 Å². The SMILES string of the molecule is COCC(Br)CNC(=O)c1cccc(Cl)c1. The summed E-state index contributed by atoms with van der Waals surface area (Å²) >= 11 is 9.18. The Morgan fingerprint density at radius 1 is 1.62 bits per heavy atom. The summed E-state index contributed by atoms with van der Waals surface area (Å²) in [5.74, 6) is -0.136. The third-order valence-electron chi connectivity index (χ3n) is 1.92. The smallest absolute Gasteiger partial charge is 0.251 e. The van der Waals surface area contributed by atoms with Gasteiger partial charge in [0.15, 0.2) is 0 Å². The Kier molecular flexibility index (Phi) is 5.80. The van der Waals surface area contributed by atoms with Crippen molar-refractivity contribution in [3.8, 4) is 0 Å². The summed E-state index contributed by atoms with van der Waals surface area (Å²) in [6, 6.07) is 6.84. The first-order valence-electron chi connectivity index (χ1n) is 4.80. The molecule has 0 aliphatic rings. The Morgan fingerprint density at radius 2 is 2.38 bits per heavy atom. The van der Waals surface area contributed by atoms with Crippen molar-refractivity contribution in [3.63, 3.8) is 0 Å². The minimum absolute atomic E-state index is 0.112. The lowest BCUT2D eigenvalue weighted by atomic mass is 10.2. The van der Waals surface area contributed by atoms with Crippen LogP contribution in [0.25, 0.3) is 0 Å². The highest BCUT2D eigenvalue weighted by Crippen LogP contribution is 2.10. The number of carbonyl (C=O) groups is 1. The number of ether oxygens (including phenoxy) is 1. The van der Waals surface area contributed by atoms with Crippen LogP contribution in [0.2, 0.25) is 5.02 Å². The second-order valence-corrected chi connectivity index (χ2v) is 5.00. The molecule has 1 aromatic carbocycles. The van der Waals surface area contributed by atoms with E-state index >= 15 is 0 Å². The van der Waals surface area contributed by atoms with Gasteiger partial charge in [-0.3, -0.25) is 4.79 Å². The second kappa shape index (κ2) is 6.89. The molecule has 0 heterocycles. The Bertz CT molecular complexity index is 360. The molecular weight excluding hydrogens is 293 g/mol. The number of halogens is 2. The van der Waals surface area contributed by atoms with E-state index in [1.54, 1.807) is 31.4 Å². The number of hydrogen-bond donors (Lipinski definition) is 1. The first kappa shape index (κ1) is 13.5. The van der Waals surface area contributed by atoms with Crippen LogP contribution in [0.3, 0.4) is 0 Å². The van der Waals surface area contributed by atoms with Crippen molar-refractivity contribution in [2.45, 2.75) is 4.83 Å². The number of rotatable bonds is 5. The van der Waals surface area contributed by atoms with Gasteiger partial charge in [-0.25, -0.2) is 0 Å². The maximum absolute atomic E-state index is 11.7. The van der Waals surface area contributed by atoms with E-state index in [1.807, 2.05) is 0 Å². The van der Waals surface area contributed by atoms with E-state index in [0.29, 0.717) is 23.7 Å². The maximum Gasteiger partial charge on any atom is 0.251 e. The average Bonchev–Trinajstić information content (AvgIpc) is 2.26. The van der Waals surface area contributed by atoms with Gasteiger partial charge in [-0.2, -0.15) is 0 Å². The van der Waals surface area contributed by atoms with Crippen LogP contribution in [0.5, 0.6) is 0 Å². The van der Waals surface area contributed by atoms with E-state index in [0.717, 1.165) is 0 Å². The van der Waals surface area contributed by atoms with E-state index < -0.39 is 0 Å². The van der Waals surface area contributed by atoms with Crippen molar-refractivity contribution < 1.29 is 9.53 Å². The van der Waals surface area contributed by atoms with Crippen molar-refractivity contribution in [1.82, 2.24) is 5.32 Å². The molecule has 5 heteroatoms. The molecule has 1 N–H and O–H groups in total. The summed E-state index contributed by atoms with van der Waals surface area (Å²) in [5.41, 5.74) is 0.560. The molecule has 0 aliphatic heterocycles. The first-order valence-corrected chi connectivity index (χ1v) is 6.09. The van der Waals surface area contributed by atoms with Crippen molar-refractivity contribution >= 4 is 33.4 Å². The quantitative estimate of drug-likeness (QED) is 0.849. The van der Waals surface area contributed by atoms with Crippen LogP contribution in [-0.4, -0.2) is 31.0 Å². The topological polar surface area (TPSA) is 38.3 Å². The molecule has 0 bridgehead atoms. The van der Waals surface area contributed by atoms with Gasteiger partial charge in [0.2, 0.25) is 0 Å². The molecule has 0 fully saturated rings. The molecule has 3 nitrogen and oxygen atoms in total. The van der Waals surface area contributed by atoms with Gasteiger partial charge in [0.05, 0.1) is 11.4 Å². The van der Waals surface area contributed by atoms with Crippen LogP contribution in [-0.2, 0) is 4.74 Å². The standard InChI is InChI=1S/C11H13BrClNO2/c1-16-7-9(12)6-14-11(15)8-3-2-4-10(13)5-8/h2-5,9H,6-7H2,1H3,(H,14,15). The first-order chi connectivity index (χ1) is 7.63. The molecule has 1 rings (SSSR count). The van der Waals surface area contributed by atoms with Gasteiger partial charge in [-0.05, 0) is 18.2 Å². The van der Waals surface area contributed by atoms with E-state index in [4.69, 9.17) is 16.3 Å². The third-order valence-corrected chi connectivity index (χ3v) is 2.74. The summed E-state index contributed by atoms with van der Waals surface area (Å²) in [7, 11) is 1.62. The molecular formula is C11H13BrClNO2. The molecule has 0 saturated carbocycles. The number of alkyl halides is 1. The van der Waals surface area contributed by atoms with Gasteiger partial charge >= 0.3 is 0 Å². The van der Waals surface area contributed by atoms with Gasteiger partial charge in [0.25, 0.3) is 5.91 Å². The second-order valence-electron chi connectivity index (χ2n) is 3.27. The molecule has 0 aliphatic carbocycles. The zero-order valence-electron chi connectivity index (χ0n) is 8.87. The van der Waals surface area contributed by atoms with E-state index in [2.05, 4.69) is 21.2 Å². The van der Waals surface area contributed by atoms with E-state index in [9.17, 15) is 4.79 Å². The number of hydrogen-bond acceptors (Lipinski definition) is 2. The Hall–Kier alpha value is -0.580. The number of nitrogens with one attached hydrogen (secondary N) is 1. The lowest BCUT2D eigenvalue weighted by molar-refractivity contribution is 0.0950. The van der Waals surface area contributed by atoms with E-state index in [-0.39, 0.29) is 10.7 Å². The molecule has 16 heavy (non-hydrogen) atoms. The van der Waals surface area contributed by atoms with Gasteiger partial charge in [0, 0.05) is 24.2 Å². The molecule has 0 spiro atoms. The fraction of sp³-hybridized carbons (Fsp3) is 0.364. The Labute approximate surface area is 108 Å². The molecule has 1 amide bonds. The fourth-order valence-electron chi connectivity index (χ4n) is 1.17. The zero-order chi connectivity index (χ0) is 12.0. The van der Waals surface area contributed by atoms with Gasteiger partial charge in [0.1, 0.15) is 0 Å². The molecule has 0 aromatic heterocycles. The van der Waals surface area contributed by atoms with Crippen molar-refractivity contribution in [1.29, 1.82) is 0 Å². The normalized spacial score (nSPS) is 12.2. The highest BCUT2D eigenvalue weighted by molar-refractivity contribution is 9.09. The van der Waals surface area contributed by atoms with Crippen LogP contribution in [0, 0.1) is 0 Å². The molecule has 88 valence electrons. The average molecular weight is 307 g/mol. The molecule has 0 radical (unpaired) electrons. The predicted molar refractivity (Wildman–Crippen MR) is 68.4 cm³/mol. The number of benzene rings is 1. The lowest BCUT2D eigenvalue weighted by Gasteiger charge is -2.10. The molecule has 1 unspecified atom stereocenters. The molecule has 1 atom stereocenters. The summed E-state index contributed by atoms with van der Waals surface area (Å²) in [4.78, 5) is 11.8. The third kappa shape index (κ3) is 4.51. The van der Waals surface area contributed by atoms with E-state index in [1.165, 1.54) is 0 Å². The van der Waals surface area contributed by atoms with Gasteiger partial charge in [-0.1, -0.05) is 33.6 Å². The van der Waals surface area contributed by atoms with Gasteiger partial charge < -0.3 is 10.1 Å². The molecule has 0 saturated heterocycles. The summed E-state index contributed by atoms with van der Waals surface area (Å²) in [6.07, 6.45) is 0. The van der Waals surface area contributed by atoms with Crippen LogP contribution in [0.15, 0.2) is 24.3 Å². The van der Waals surface area contributed by atoms with Crippen molar-refractivity contribution in [2.75, 3.05) is 20.3 Å². The predicted octanol–water partition coefficient (Wildman–Crippen LogP) is 2.48. The number of carbonyl (C=O) groups excluding carboxylic acids is 1. The largest absolute Gasteiger partial charge is 0.383 e. The minimum atomic E-state index is -0.136. The van der Waals surface area contributed by atoms with Crippen LogP contribution >= 0.6 is 27.5 Å². The van der Waals surface area contributed by atoms with Gasteiger partial charge in [-0.15, -0.1) is 0 Å². The van der Waals surface area contributed by atoms with Crippen molar-refractivity contribution in [2.24, 2.45) is 0 Å². The van der Waals surface area contributed by atoms with Crippen LogP contribution in [0.4, 0.5) is 0 Å². The summed E-state index contributed by atoms with van der Waals surface area (Å²) < 4.78 is 4.94. The zero-order valence-corrected chi connectivity index (χ0v) is 11.2. The fourth-order valence-corrected chi connectivity index (χ4v) is 1.79. The Morgan fingerprint density at radius 3 is 3.00 bits per heavy atom. The maximum atomic E-state index is 11.7. The van der Waals surface area contributed by atoms with Crippen LogP contribution in [0.1, 0.15) is 10.4 Å². The molecule has 1 aromatic rings. The minimum Gasteiger partial charge on any atom is -0.383 e. The Balaban J connectivity index is 2.47. The highest BCUT2D eigenvalue weighted by Gasteiger charge is 2.08. The monoisotopic (exact) mass is 305 g/mol. The lowest BCUT2D eigenvalue weighted by Crippen LogP contribution is -2.31.